The monoisotopic (exact) mass is 646 g/mol. The van der Waals surface area contributed by atoms with Crippen molar-refractivity contribution in [3.8, 4) is 0 Å². The predicted molar refractivity (Wildman–Crippen MR) is 167 cm³/mol. The molecule has 0 fully saturated rings. The molecule has 0 N–H and O–H groups in total. The lowest BCUT2D eigenvalue weighted by Crippen LogP contribution is -2.31. The molecule has 41 heavy (non-hydrogen) atoms. The standard InChI is InChI=1S/C32H27BrN2O4S2/c33-28-16-20-31(21-17-28)40(36,37)35(25-27-12-6-2-7-13-27)30-18-22-32(23-19-30)41(38,39)34(29-14-8-3-9-15-29)24-26-10-4-1-5-11-26/h1-23H,24-25H2. The van der Waals surface area contributed by atoms with E-state index in [0.717, 1.165) is 15.6 Å². The number of sulfonamides is 2. The zero-order chi connectivity index (χ0) is 28.9. The van der Waals surface area contributed by atoms with Crippen molar-refractivity contribution in [2.75, 3.05) is 8.61 Å². The molecule has 0 aromatic heterocycles. The van der Waals surface area contributed by atoms with Gasteiger partial charge >= 0.3 is 0 Å². The second-order valence-corrected chi connectivity index (χ2v) is 13.9. The molecule has 0 saturated heterocycles. The number of rotatable bonds is 10. The largest absolute Gasteiger partial charge is 0.264 e. The molecular weight excluding hydrogens is 620 g/mol. The van der Waals surface area contributed by atoms with Gasteiger partial charge in [0.05, 0.1) is 34.3 Å². The SMILES string of the molecule is O=S(=O)(c1ccc(Br)cc1)N(Cc1ccccc1)c1ccc(S(=O)(=O)N(Cc2ccccc2)c2ccccc2)cc1. The van der Waals surface area contributed by atoms with Crippen molar-refractivity contribution in [1.29, 1.82) is 0 Å². The van der Waals surface area contributed by atoms with Crippen molar-refractivity contribution in [3.05, 3.63) is 155 Å². The number of nitrogens with zero attached hydrogens (tertiary/aromatic N) is 2. The second-order valence-electron chi connectivity index (χ2n) is 9.28. The van der Waals surface area contributed by atoms with E-state index in [0.29, 0.717) is 11.4 Å². The highest BCUT2D eigenvalue weighted by molar-refractivity contribution is 9.10. The summed E-state index contributed by atoms with van der Waals surface area (Å²) in [6.45, 7) is 0.225. The van der Waals surface area contributed by atoms with Crippen LogP contribution in [-0.4, -0.2) is 16.8 Å². The van der Waals surface area contributed by atoms with Crippen molar-refractivity contribution in [2.24, 2.45) is 0 Å². The van der Waals surface area contributed by atoms with Gasteiger partial charge in [-0.2, -0.15) is 0 Å². The molecule has 5 aromatic carbocycles. The third kappa shape index (κ3) is 6.53. The summed E-state index contributed by atoms with van der Waals surface area (Å²) in [7, 11) is -7.95. The van der Waals surface area contributed by atoms with E-state index in [2.05, 4.69) is 15.9 Å². The number of hydrogen-bond donors (Lipinski definition) is 0. The Morgan fingerprint density at radius 3 is 1.20 bits per heavy atom. The topological polar surface area (TPSA) is 74.8 Å². The lowest BCUT2D eigenvalue weighted by molar-refractivity contribution is 0.589. The van der Waals surface area contributed by atoms with Crippen LogP contribution in [0.4, 0.5) is 11.4 Å². The van der Waals surface area contributed by atoms with Gasteiger partial charge in [0.25, 0.3) is 20.0 Å². The molecule has 0 amide bonds. The van der Waals surface area contributed by atoms with Gasteiger partial charge in [-0.05, 0) is 71.8 Å². The van der Waals surface area contributed by atoms with Gasteiger partial charge in [-0.3, -0.25) is 8.61 Å². The van der Waals surface area contributed by atoms with E-state index in [-0.39, 0.29) is 22.9 Å². The second kappa shape index (κ2) is 12.3. The Bertz CT molecular complexity index is 1800. The Kier molecular flexibility index (Phi) is 8.58. The summed E-state index contributed by atoms with van der Waals surface area (Å²) in [4.78, 5) is 0.188. The first kappa shape index (κ1) is 28.6. The number of anilines is 2. The highest BCUT2D eigenvalue weighted by Crippen LogP contribution is 2.30. The lowest BCUT2D eigenvalue weighted by atomic mass is 10.2. The van der Waals surface area contributed by atoms with Crippen LogP contribution in [-0.2, 0) is 33.1 Å². The molecule has 0 unspecified atom stereocenters. The van der Waals surface area contributed by atoms with E-state index >= 15 is 0 Å². The Labute approximate surface area is 249 Å². The van der Waals surface area contributed by atoms with E-state index in [9.17, 15) is 16.8 Å². The molecule has 0 bridgehead atoms. The maximum Gasteiger partial charge on any atom is 0.264 e. The van der Waals surface area contributed by atoms with E-state index < -0.39 is 20.0 Å². The number of benzene rings is 5. The summed E-state index contributed by atoms with van der Waals surface area (Å²) >= 11 is 3.35. The summed E-state index contributed by atoms with van der Waals surface area (Å²) in [5.74, 6) is 0. The molecule has 5 rings (SSSR count). The summed E-state index contributed by atoms with van der Waals surface area (Å²) in [5.41, 5.74) is 2.52. The molecule has 0 spiro atoms. The number of hydrogen-bond acceptors (Lipinski definition) is 4. The number of para-hydroxylation sites is 1. The van der Waals surface area contributed by atoms with E-state index in [1.54, 1.807) is 36.4 Å². The van der Waals surface area contributed by atoms with Crippen LogP contribution in [0.2, 0.25) is 0 Å². The van der Waals surface area contributed by atoms with Crippen LogP contribution in [0, 0.1) is 0 Å². The molecule has 0 saturated carbocycles. The molecule has 0 atom stereocenters. The zero-order valence-electron chi connectivity index (χ0n) is 21.9. The van der Waals surface area contributed by atoms with Crippen molar-refractivity contribution in [1.82, 2.24) is 0 Å². The molecule has 0 radical (unpaired) electrons. The minimum Gasteiger partial charge on any atom is -0.262 e. The highest BCUT2D eigenvalue weighted by Gasteiger charge is 2.28. The predicted octanol–water partition coefficient (Wildman–Crippen LogP) is 7.24. The Morgan fingerprint density at radius 2 is 0.780 bits per heavy atom. The van der Waals surface area contributed by atoms with E-state index in [1.807, 2.05) is 66.7 Å². The molecule has 0 aliphatic rings. The zero-order valence-corrected chi connectivity index (χ0v) is 25.1. The quantitative estimate of drug-likeness (QED) is 0.160. The molecule has 9 heteroatoms. The first-order valence-electron chi connectivity index (χ1n) is 12.8. The first-order chi connectivity index (χ1) is 19.7. The van der Waals surface area contributed by atoms with Gasteiger partial charge in [0.2, 0.25) is 0 Å². The van der Waals surface area contributed by atoms with Crippen LogP contribution in [0.25, 0.3) is 0 Å². The molecule has 208 valence electrons. The first-order valence-corrected chi connectivity index (χ1v) is 16.5. The summed E-state index contributed by atoms with van der Waals surface area (Å²) in [6.07, 6.45) is 0. The van der Waals surface area contributed by atoms with E-state index in [4.69, 9.17) is 0 Å². The van der Waals surface area contributed by atoms with Crippen LogP contribution in [0.15, 0.2) is 154 Å². The Balaban J connectivity index is 1.53. The van der Waals surface area contributed by atoms with Crippen molar-refractivity contribution in [3.63, 3.8) is 0 Å². The minimum absolute atomic E-state index is 0.0572. The van der Waals surface area contributed by atoms with Crippen molar-refractivity contribution in [2.45, 2.75) is 22.9 Å². The van der Waals surface area contributed by atoms with Gasteiger partial charge in [-0.1, -0.05) is 94.8 Å². The van der Waals surface area contributed by atoms with Gasteiger partial charge in [-0.25, -0.2) is 16.8 Å². The van der Waals surface area contributed by atoms with Crippen LogP contribution in [0.1, 0.15) is 11.1 Å². The fraction of sp³-hybridized carbons (Fsp3) is 0.0625. The average molecular weight is 648 g/mol. The molecule has 0 heterocycles. The van der Waals surface area contributed by atoms with Crippen LogP contribution in [0.3, 0.4) is 0 Å². The third-order valence-electron chi connectivity index (χ3n) is 6.50. The number of halogens is 1. The van der Waals surface area contributed by atoms with Gasteiger partial charge in [0.15, 0.2) is 0 Å². The van der Waals surface area contributed by atoms with Gasteiger partial charge in [0, 0.05) is 4.47 Å². The molecule has 0 aliphatic heterocycles. The summed E-state index contributed by atoms with van der Waals surface area (Å²) in [6, 6.07) is 40.0. The van der Waals surface area contributed by atoms with Gasteiger partial charge < -0.3 is 0 Å². The average Bonchev–Trinajstić information content (AvgIpc) is 3.00. The normalized spacial score (nSPS) is 11.6. The lowest BCUT2D eigenvalue weighted by Gasteiger charge is -2.27. The molecular formula is C32H27BrN2O4S2. The van der Waals surface area contributed by atoms with Crippen LogP contribution in [0.5, 0.6) is 0 Å². The molecule has 5 aromatic rings. The van der Waals surface area contributed by atoms with Crippen LogP contribution >= 0.6 is 15.9 Å². The Hall–Kier alpha value is -3.92. The molecule has 6 nitrogen and oxygen atoms in total. The van der Waals surface area contributed by atoms with Crippen molar-refractivity contribution < 1.29 is 16.8 Å². The summed E-state index contributed by atoms with van der Waals surface area (Å²) < 4.78 is 58.9. The molecule has 0 aliphatic carbocycles. The fourth-order valence-corrected chi connectivity index (χ4v) is 7.54. The fourth-order valence-electron chi connectivity index (χ4n) is 4.37. The minimum atomic E-state index is -3.99. The maximum absolute atomic E-state index is 13.9. The third-order valence-corrected chi connectivity index (χ3v) is 10.6. The van der Waals surface area contributed by atoms with Crippen molar-refractivity contribution >= 4 is 47.4 Å². The summed E-state index contributed by atoms with van der Waals surface area (Å²) in [5, 5.41) is 0. The Morgan fingerprint density at radius 1 is 0.439 bits per heavy atom. The highest BCUT2D eigenvalue weighted by atomic mass is 79.9. The van der Waals surface area contributed by atoms with Gasteiger partial charge in [-0.15, -0.1) is 0 Å². The van der Waals surface area contributed by atoms with Crippen LogP contribution < -0.4 is 8.61 Å². The van der Waals surface area contributed by atoms with E-state index in [1.165, 1.54) is 45.0 Å². The maximum atomic E-state index is 13.9. The smallest absolute Gasteiger partial charge is 0.262 e. The van der Waals surface area contributed by atoms with Gasteiger partial charge in [0.1, 0.15) is 0 Å².